The van der Waals surface area contributed by atoms with Gasteiger partial charge in [-0.3, -0.25) is 4.79 Å². The summed E-state index contributed by atoms with van der Waals surface area (Å²) < 4.78 is 0. The molecule has 14 heavy (non-hydrogen) atoms. The highest BCUT2D eigenvalue weighted by atomic mass is 16.3. The zero-order valence-corrected chi connectivity index (χ0v) is 7.81. The molecule has 0 aromatic heterocycles. The zero-order chi connectivity index (χ0) is 10.6. The van der Waals surface area contributed by atoms with Gasteiger partial charge in [0.2, 0.25) is 0 Å². The molecule has 0 saturated heterocycles. The first kappa shape index (κ1) is 10.7. The minimum atomic E-state index is -0.512. The third kappa shape index (κ3) is 2.55. The van der Waals surface area contributed by atoms with Crippen molar-refractivity contribution in [2.24, 2.45) is 5.73 Å². The van der Waals surface area contributed by atoms with Gasteiger partial charge >= 0.3 is 0 Å². The molecule has 4 nitrogen and oxygen atoms in total. The molecule has 0 aliphatic carbocycles. The maximum Gasteiger partial charge on any atom is 0.166 e. The Morgan fingerprint density at radius 1 is 1.43 bits per heavy atom. The fraction of sp³-hybridized carbons (Fsp3) is 0.300. The first-order valence-corrected chi connectivity index (χ1v) is 4.39. The number of anilines is 1. The maximum absolute atomic E-state index is 11.6. The second-order valence-corrected chi connectivity index (χ2v) is 3.16. The van der Waals surface area contributed by atoms with E-state index >= 15 is 0 Å². The number of ketones is 1. The monoisotopic (exact) mass is 194 g/mol. The highest BCUT2D eigenvalue weighted by Gasteiger charge is 2.12. The van der Waals surface area contributed by atoms with Crippen LogP contribution in [0.15, 0.2) is 24.3 Å². The summed E-state index contributed by atoms with van der Waals surface area (Å²) in [4.78, 5) is 11.6. The molecule has 1 atom stereocenters. The second kappa shape index (κ2) is 4.74. The standard InChI is InChI=1S/C10H14N2O2/c11-7(6-13)5-10(14)8-3-1-2-4-9(8)12/h1-4,7,13H,5-6,11-12H2. The molecule has 0 fully saturated rings. The lowest BCUT2D eigenvalue weighted by atomic mass is 10.0. The molecule has 1 unspecified atom stereocenters. The molecule has 0 saturated carbocycles. The molecule has 1 aromatic rings. The van der Waals surface area contributed by atoms with Gasteiger partial charge < -0.3 is 16.6 Å². The number of para-hydroxylation sites is 1. The molecular formula is C10H14N2O2. The molecule has 0 aliphatic heterocycles. The smallest absolute Gasteiger partial charge is 0.166 e. The van der Waals surface area contributed by atoms with Crippen LogP contribution in [0.5, 0.6) is 0 Å². The first-order valence-electron chi connectivity index (χ1n) is 4.39. The van der Waals surface area contributed by atoms with Crippen LogP contribution >= 0.6 is 0 Å². The Bertz CT molecular complexity index is 326. The number of hydrogen-bond donors (Lipinski definition) is 3. The molecule has 5 N–H and O–H groups in total. The van der Waals surface area contributed by atoms with Crippen molar-refractivity contribution in [3.05, 3.63) is 29.8 Å². The Balaban J connectivity index is 2.75. The van der Waals surface area contributed by atoms with Crippen LogP contribution in [0, 0.1) is 0 Å². The van der Waals surface area contributed by atoms with Gasteiger partial charge in [0.15, 0.2) is 5.78 Å². The summed E-state index contributed by atoms with van der Waals surface area (Å²) in [5, 5.41) is 8.69. The summed E-state index contributed by atoms with van der Waals surface area (Å²) in [6.45, 7) is -0.196. The van der Waals surface area contributed by atoms with Gasteiger partial charge in [-0.15, -0.1) is 0 Å². The van der Waals surface area contributed by atoms with Crippen molar-refractivity contribution in [3.8, 4) is 0 Å². The van der Waals surface area contributed by atoms with E-state index in [0.717, 1.165) is 0 Å². The summed E-state index contributed by atoms with van der Waals surface area (Å²) in [7, 11) is 0. The van der Waals surface area contributed by atoms with E-state index in [4.69, 9.17) is 16.6 Å². The van der Waals surface area contributed by atoms with Gasteiger partial charge in [0.25, 0.3) is 0 Å². The van der Waals surface area contributed by atoms with Gasteiger partial charge in [0, 0.05) is 23.7 Å². The molecule has 76 valence electrons. The maximum atomic E-state index is 11.6. The van der Waals surface area contributed by atoms with E-state index in [1.807, 2.05) is 0 Å². The quantitative estimate of drug-likeness (QED) is 0.470. The highest BCUT2D eigenvalue weighted by molar-refractivity contribution is 6.00. The summed E-state index contributed by atoms with van der Waals surface area (Å²) >= 11 is 0. The SMILES string of the molecule is Nc1ccccc1C(=O)CC(N)CO. The summed E-state index contributed by atoms with van der Waals surface area (Å²) in [6.07, 6.45) is 0.116. The predicted molar refractivity (Wildman–Crippen MR) is 54.9 cm³/mol. The Labute approximate surface area is 82.5 Å². The molecule has 0 aliphatic rings. The van der Waals surface area contributed by atoms with E-state index in [9.17, 15) is 4.79 Å². The number of hydrogen-bond acceptors (Lipinski definition) is 4. The summed E-state index contributed by atoms with van der Waals surface area (Å²) in [5.41, 5.74) is 12.0. The van der Waals surface area contributed by atoms with E-state index in [-0.39, 0.29) is 18.8 Å². The molecule has 1 rings (SSSR count). The average Bonchev–Trinajstić information content (AvgIpc) is 2.18. The van der Waals surface area contributed by atoms with Crippen molar-refractivity contribution in [3.63, 3.8) is 0 Å². The minimum Gasteiger partial charge on any atom is -0.398 e. The lowest BCUT2D eigenvalue weighted by Gasteiger charge is -2.08. The topological polar surface area (TPSA) is 89.3 Å². The highest BCUT2D eigenvalue weighted by Crippen LogP contribution is 2.13. The third-order valence-corrected chi connectivity index (χ3v) is 1.94. The van der Waals surface area contributed by atoms with Crippen LogP contribution in [0.1, 0.15) is 16.8 Å². The lowest BCUT2D eigenvalue weighted by Crippen LogP contribution is -2.27. The van der Waals surface area contributed by atoms with Crippen molar-refractivity contribution < 1.29 is 9.90 Å². The number of Topliss-reactive ketones (excluding diaryl/α,β-unsaturated/α-hetero) is 1. The summed E-state index contributed by atoms with van der Waals surface area (Å²) in [6, 6.07) is 6.31. The molecule has 0 amide bonds. The van der Waals surface area contributed by atoms with Crippen molar-refractivity contribution in [1.82, 2.24) is 0 Å². The zero-order valence-electron chi connectivity index (χ0n) is 7.81. The molecule has 4 heteroatoms. The van der Waals surface area contributed by atoms with Crippen LogP contribution in [0.2, 0.25) is 0 Å². The average molecular weight is 194 g/mol. The van der Waals surface area contributed by atoms with E-state index < -0.39 is 6.04 Å². The van der Waals surface area contributed by atoms with Gasteiger partial charge in [-0.1, -0.05) is 12.1 Å². The summed E-state index contributed by atoms with van der Waals surface area (Å²) in [5.74, 6) is -0.135. The molecule has 0 spiro atoms. The Hall–Kier alpha value is -1.39. The van der Waals surface area contributed by atoms with Gasteiger partial charge in [-0.2, -0.15) is 0 Å². The second-order valence-electron chi connectivity index (χ2n) is 3.16. The van der Waals surface area contributed by atoms with E-state index in [1.165, 1.54) is 0 Å². The van der Waals surface area contributed by atoms with Crippen LogP contribution in [-0.4, -0.2) is 23.5 Å². The molecule has 1 aromatic carbocycles. The number of carbonyl (C=O) groups is 1. The molecule has 0 heterocycles. The van der Waals surface area contributed by atoms with Gasteiger partial charge in [0.05, 0.1) is 6.61 Å². The molecule has 0 radical (unpaired) electrons. The lowest BCUT2D eigenvalue weighted by molar-refractivity contribution is 0.0962. The molecular weight excluding hydrogens is 180 g/mol. The van der Waals surface area contributed by atoms with Crippen LogP contribution < -0.4 is 11.5 Å². The van der Waals surface area contributed by atoms with Gasteiger partial charge in [0.1, 0.15) is 0 Å². The molecule has 0 bridgehead atoms. The minimum absolute atomic E-state index is 0.116. The van der Waals surface area contributed by atoms with Gasteiger partial charge in [-0.25, -0.2) is 0 Å². The van der Waals surface area contributed by atoms with Crippen LogP contribution in [-0.2, 0) is 0 Å². The van der Waals surface area contributed by atoms with Gasteiger partial charge in [-0.05, 0) is 12.1 Å². The Morgan fingerprint density at radius 3 is 2.64 bits per heavy atom. The fourth-order valence-corrected chi connectivity index (χ4v) is 1.16. The van der Waals surface area contributed by atoms with Crippen molar-refractivity contribution in [1.29, 1.82) is 0 Å². The number of nitrogens with two attached hydrogens (primary N) is 2. The fourth-order valence-electron chi connectivity index (χ4n) is 1.16. The number of benzene rings is 1. The van der Waals surface area contributed by atoms with E-state index in [2.05, 4.69) is 0 Å². The van der Waals surface area contributed by atoms with E-state index in [1.54, 1.807) is 24.3 Å². The van der Waals surface area contributed by atoms with Crippen LogP contribution in [0.25, 0.3) is 0 Å². The Morgan fingerprint density at radius 2 is 2.07 bits per heavy atom. The van der Waals surface area contributed by atoms with E-state index in [0.29, 0.717) is 11.3 Å². The number of aliphatic hydroxyl groups is 1. The normalized spacial score (nSPS) is 12.4. The van der Waals surface area contributed by atoms with Crippen LogP contribution in [0.3, 0.4) is 0 Å². The van der Waals surface area contributed by atoms with Crippen molar-refractivity contribution in [2.45, 2.75) is 12.5 Å². The number of carbonyl (C=O) groups excluding carboxylic acids is 1. The predicted octanol–water partition coefficient (Wildman–Crippen LogP) is 0.161. The number of nitrogen functional groups attached to an aromatic ring is 1. The van der Waals surface area contributed by atoms with Crippen molar-refractivity contribution >= 4 is 11.5 Å². The number of rotatable bonds is 4. The third-order valence-electron chi connectivity index (χ3n) is 1.94. The first-order chi connectivity index (χ1) is 6.65. The Kier molecular flexibility index (Phi) is 3.62. The largest absolute Gasteiger partial charge is 0.398 e. The number of aliphatic hydroxyl groups excluding tert-OH is 1. The van der Waals surface area contributed by atoms with Crippen molar-refractivity contribution in [2.75, 3.05) is 12.3 Å². The van der Waals surface area contributed by atoms with Crippen LogP contribution in [0.4, 0.5) is 5.69 Å².